The number of imidazole rings is 1. The highest BCUT2D eigenvalue weighted by Gasteiger charge is 2.26. The van der Waals surface area contributed by atoms with Crippen molar-refractivity contribution in [2.75, 3.05) is 45.2 Å². The van der Waals surface area contributed by atoms with Crippen molar-refractivity contribution in [2.24, 2.45) is 5.92 Å². The Labute approximate surface area is 215 Å². The summed E-state index contributed by atoms with van der Waals surface area (Å²) in [5.41, 5.74) is 1.96. The molecule has 2 heterocycles. The molecule has 1 fully saturated rings. The van der Waals surface area contributed by atoms with Crippen LogP contribution in [0, 0.1) is 5.92 Å². The predicted molar refractivity (Wildman–Crippen MR) is 139 cm³/mol. The summed E-state index contributed by atoms with van der Waals surface area (Å²) < 4.78 is 6.61. The number of piperidine rings is 1. The molecular formula is C26H28Cl2N4O3. The van der Waals surface area contributed by atoms with Crippen molar-refractivity contribution >= 4 is 41.3 Å². The molecule has 1 saturated heterocycles. The van der Waals surface area contributed by atoms with Crippen molar-refractivity contribution in [1.82, 2.24) is 14.5 Å². The normalized spacial score (nSPS) is 14.6. The molecule has 7 nitrogen and oxygen atoms in total. The summed E-state index contributed by atoms with van der Waals surface area (Å²) in [5, 5.41) is 1.16. The standard InChI is InChI=1S/C26H28Cl2N4O3/c1-30(15-18-11-13-31(14-12-18)16-24(34)35-2)26-23(17-33)32(20-9-7-19(27)8-10-20)25(29-26)21-5-3-4-6-22(21)28/h3-10,17-18H,11-16H2,1-2H3. The monoisotopic (exact) mass is 514 g/mol. The Morgan fingerprint density at radius 1 is 1.14 bits per heavy atom. The Balaban J connectivity index is 1.63. The first-order chi connectivity index (χ1) is 16.9. The summed E-state index contributed by atoms with van der Waals surface area (Å²) in [4.78, 5) is 33.0. The van der Waals surface area contributed by atoms with Gasteiger partial charge in [-0.2, -0.15) is 0 Å². The van der Waals surface area contributed by atoms with Gasteiger partial charge in [-0.1, -0.05) is 35.3 Å². The first-order valence-corrected chi connectivity index (χ1v) is 12.3. The number of esters is 1. The molecule has 0 bridgehead atoms. The first kappa shape index (κ1) is 25.2. The number of hydrogen-bond acceptors (Lipinski definition) is 6. The SMILES string of the molecule is COC(=O)CN1CCC(CN(C)c2nc(-c3ccccc3Cl)n(-c3ccc(Cl)cc3)c2C=O)CC1. The van der Waals surface area contributed by atoms with E-state index in [-0.39, 0.29) is 5.97 Å². The molecule has 35 heavy (non-hydrogen) atoms. The van der Waals surface area contributed by atoms with Gasteiger partial charge in [0.1, 0.15) is 11.5 Å². The van der Waals surface area contributed by atoms with Crippen LogP contribution in [0.5, 0.6) is 0 Å². The van der Waals surface area contributed by atoms with Crippen molar-refractivity contribution < 1.29 is 14.3 Å². The molecule has 0 aliphatic carbocycles. The molecule has 0 N–H and O–H groups in total. The second-order valence-corrected chi connectivity index (χ2v) is 9.57. The number of methoxy groups -OCH3 is 1. The van der Waals surface area contributed by atoms with Gasteiger partial charge >= 0.3 is 5.97 Å². The molecule has 9 heteroatoms. The van der Waals surface area contributed by atoms with Gasteiger partial charge in [-0.05, 0) is 68.2 Å². The number of anilines is 1. The van der Waals surface area contributed by atoms with Crippen LogP contribution in [0.4, 0.5) is 5.82 Å². The smallest absolute Gasteiger partial charge is 0.319 e. The van der Waals surface area contributed by atoms with E-state index in [0.717, 1.165) is 50.0 Å². The Hall–Kier alpha value is -2.87. The van der Waals surface area contributed by atoms with E-state index in [0.29, 0.717) is 39.8 Å². The van der Waals surface area contributed by atoms with Gasteiger partial charge in [0, 0.05) is 29.9 Å². The van der Waals surface area contributed by atoms with Crippen molar-refractivity contribution in [3.05, 3.63) is 64.3 Å². The van der Waals surface area contributed by atoms with Crippen LogP contribution >= 0.6 is 23.2 Å². The summed E-state index contributed by atoms with van der Waals surface area (Å²) in [6, 6.07) is 14.8. The van der Waals surface area contributed by atoms with Gasteiger partial charge in [0.25, 0.3) is 0 Å². The summed E-state index contributed by atoms with van der Waals surface area (Å²) in [6.07, 6.45) is 2.74. The van der Waals surface area contributed by atoms with Crippen LogP contribution in [0.2, 0.25) is 10.0 Å². The van der Waals surface area contributed by atoms with E-state index < -0.39 is 0 Å². The lowest BCUT2D eigenvalue weighted by molar-refractivity contribution is -0.142. The van der Waals surface area contributed by atoms with Crippen LogP contribution in [0.3, 0.4) is 0 Å². The molecule has 1 aliphatic rings. The maximum absolute atomic E-state index is 12.4. The number of rotatable bonds is 8. The Kier molecular flexibility index (Phi) is 8.11. The molecule has 0 unspecified atom stereocenters. The number of carbonyl (C=O) groups is 2. The first-order valence-electron chi connectivity index (χ1n) is 11.5. The van der Waals surface area contributed by atoms with E-state index in [1.165, 1.54) is 7.11 Å². The average Bonchev–Trinajstić information content (AvgIpc) is 3.25. The molecule has 2 aromatic carbocycles. The van der Waals surface area contributed by atoms with Crippen molar-refractivity contribution in [1.29, 1.82) is 0 Å². The van der Waals surface area contributed by atoms with E-state index in [4.69, 9.17) is 32.9 Å². The minimum absolute atomic E-state index is 0.212. The molecule has 0 spiro atoms. The number of aldehydes is 1. The second kappa shape index (κ2) is 11.2. The molecule has 3 aromatic rings. The van der Waals surface area contributed by atoms with E-state index in [9.17, 15) is 9.59 Å². The number of halogens is 2. The number of likely N-dealkylation sites (tertiary alicyclic amines) is 1. The van der Waals surface area contributed by atoms with Gasteiger partial charge in [-0.25, -0.2) is 4.98 Å². The van der Waals surface area contributed by atoms with Gasteiger partial charge in [0.05, 0.1) is 18.7 Å². The summed E-state index contributed by atoms with van der Waals surface area (Å²) >= 11 is 12.6. The third-order valence-corrected chi connectivity index (χ3v) is 6.97. The summed E-state index contributed by atoms with van der Waals surface area (Å²) in [5.74, 6) is 1.39. The quantitative estimate of drug-likeness (QED) is 0.312. The largest absolute Gasteiger partial charge is 0.468 e. The van der Waals surface area contributed by atoms with Gasteiger partial charge in [-0.3, -0.25) is 19.1 Å². The highest BCUT2D eigenvalue weighted by molar-refractivity contribution is 6.33. The topological polar surface area (TPSA) is 67.7 Å². The molecule has 0 radical (unpaired) electrons. The van der Waals surface area contributed by atoms with Crippen LogP contribution in [0.25, 0.3) is 17.1 Å². The number of ether oxygens (including phenoxy) is 1. The molecule has 0 saturated carbocycles. The summed E-state index contributed by atoms with van der Waals surface area (Å²) in [7, 11) is 3.37. The number of nitrogens with zero attached hydrogens (tertiary/aromatic N) is 4. The maximum atomic E-state index is 12.4. The van der Waals surface area contributed by atoms with Gasteiger partial charge in [0.15, 0.2) is 12.1 Å². The lowest BCUT2D eigenvalue weighted by Gasteiger charge is -2.33. The third-order valence-electron chi connectivity index (χ3n) is 6.39. The highest BCUT2D eigenvalue weighted by Crippen LogP contribution is 2.34. The molecule has 4 rings (SSSR count). The van der Waals surface area contributed by atoms with Crippen LogP contribution in [-0.4, -0.2) is 67.0 Å². The predicted octanol–water partition coefficient (Wildman–Crippen LogP) is 4.98. The minimum Gasteiger partial charge on any atom is -0.468 e. The molecule has 1 aliphatic heterocycles. The number of aromatic nitrogens is 2. The van der Waals surface area contributed by atoms with Crippen molar-refractivity contribution in [2.45, 2.75) is 12.8 Å². The van der Waals surface area contributed by atoms with E-state index in [2.05, 4.69) is 4.90 Å². The Morgan fingerprint density at radius 2 is 1.83 bits per heavy atom. The minimum atomic E-state index is -0.212. The fraction of sp³-hybridized carbons (Fsp3) is 0.346. The van der Waals surface area contributed by atoms with Crippen LogP contribution in [0.1, 0.15) is 23.3 Å². The van der Waals surface area contributed by atoms with Crippen LogP contribution in [-0.2, 0) is 9.53 Å². The lowest BCUT2D eigenvalue weighted by Crippen LogP contribution is -2.40. The summed E-state index contributed by atoms with van der Waals surface area (Å²) in [6.45, 7) is 2.73. The fourth-order valence-electron chi connectivity index (χ4n) is 4.53. The zero-order valence-electron chi connectivity index (χ0n) is 19.8. The van der Waals surface area contributed by atoms with Crippen molar-refractivity contribution in [3.8, 4) is 17.1 Å². The molecule has 184 valence electrons. The number of hydrogen-bond donors (Lipinski definition) is 0. The molecule has 1 aromatic heterocycles. The van der Waals surface area contributed by atoms with Crippen LogP contribution in [0.15, 0.2) is 48.5 Å². The fourth-order valence-corrected chi connectivity index (χ4v) is 4.88. The Morgan fingerprint density at radius 3 is 2.46 bits per heavy atom. The molecule has 0 atom stereocenters. The number of carbonyl (C=O) groups excluding carboxylic acids is 2. The van der Waals surface area contributed by atoms with E-state index >= 15 is 0 Å². The highest BCUT2D eigenvalue weighted by atomic mass is 35.5. The van der Waals surface area contributed by atoms with Gasteiger partial charge < -0.3 is 9.64 Å². The molecule has 0 amide bonds. The number of benzene rings is 2. The van der Waals surface area contributed by atoms with Crippen molar-refractivity contribution in [3.63, 3.8) is 0 Å². The third kappa shape index (κ3) is 5.69. The zero-order chi connectivity index (χ0) is 24.9. The lowest BCUT2D eigenvalue weighted by atomic mass is 9.96. The van der Waals surface area contributed by atoms with Gasteiger partial charge in [-0.15, -0.1) is 0 Å². The second-order valence-electron chi connectivity index (χ2n) is 8.73. The Bertz CT molecular complexity index is 1190. The van der Waals surface area contributed by atoms with Crippen LogP contribution < -0.4 is 4.90 Å². The maximum Gasteiger partial charge on any atom is 0.319 e. The average molecular weight is 515 g/mol. The van der Waals surface area contributed by atoms with E-state index in [1.54, 1.807) is 12.1 Å². The van der Waals surface area contributed by atoms with E-state index in [1.807, 2.05) is 52.9 Å². The zero-order valence-corrected chi connectivity index (χ0v) is 21.3. The van der Waals surface area contributed by atoms with Gasteiger partial charge in [0.2, 0.25) is 0 Å². The molecular weight excluding hydrogens is 487 g/mol.